The Morgan fingerprint density at radius 1 is 1.43 bits per heavy atom. The van der Waals surface area contributed by atoms with Crippen LogP contribution in [-0.4, -0.2) is 27.2 Å². The zero-order chi connectivity index (χ0) is 15.6. The van der Waals surface area contributed by atoms with Gasteiger partial charge in [0.2, 0.25) is 0 Å². The molecule has 0 aliphatic rings. The average molecular weight is 301 g/mol. The van der Waals surface area contributed by atoms with E-state index in [2.05, 4.69) is 10.3 Å². The van der Waals surface area contributed by atoms with Crippen molar-refractivity contribution in [2.24, 2.45) is 7.05 Å². The zero-order valence-corrected chi connectivity index (χ0v) is 11.2. The normalized spacial score (nSPS) is 12.0. The highest BCUT2D eigenvalue weighted by Gasteiger charge is 2.30. The summed E-state index contributed by atoms with van der Waals surface area (Å²) in [6, 6.07) is 3.41. The second-order valence-electron chi connectivity index (χ2n) is 4.61. The number of carboxylic acid groups (broad SMARTS) is 1. The number of carboxylic acids is 1. The van der Waals surface area contributed by atoms with Gasteiger partial charge in [-0.2, -0.15) is 13.2 Å². The van der Waals surface area contributed by atoms with Crippen LogP contribution in [0.25, 0.3) is 11.0 Å². The smallest absolute Gasteiger partial charge is 0.416 e. The van der Waals surface area contributed by atoms with E-state index in [0.717, 1.165) is 12.1 Å². The fraction of sp³-hybridized carbons (Fsp3) is 0.385. The average Bonchev–Trinajstić information content (AvgIpc) is 2.70. The molecule has 0 fully saturated rings. The Balaban J connectivity index is 2.18. The minimum atomic E-state index is -4.40. The van der Waals surface area contributed by atoms with E-state index in [1.165, 1.54) is 6.07 Å². The summed E-state index contributed by atoms with van der Waals surface area (Å²) in [5.41, 5.74) is 0.124. The molecule has 5 nitrogen and oxygen atoms in total. The van der Waals surface area contributed by atoms with Crippen molar-refractivity contribution in [3.05, 3.63) is 29.6 Å². The third kappa shape index (κ3) is 3.52. The fourth-order valence-corrected chi connectivity index (χ4v) is 1.98. The number of aliphatic carboxylic acids is 1. The molecule has 0 unspecified atom stereocenters. The van der Waals surface area contributed by atoms with Gasteiger partial charge in [-0.3, -0.25) is 4.79 Å². The number of hydrogen-bond donors (Lipinski definition) is 2. The largest absolute Gasteiger partial charge is 0.481 e. The van der Waals surface area contributed by atoms with Gasteiger partial charge in [0.05, 0.1) is 29.6 Å². The van der Waals surface area contributed by atoms with Crippen molar-refractivity contribution in [1.29, 1.82) is 0 Å². The van der Waals surface area contributed by atoms with Crippen LogP contribution in [0.3, 0.4) is 0 Å². The van der Waals surface area contributed by atoms with Crippen molar-refractivity contribution in [3.63, 3.8) is 0 Å². The molecule has 0 aliphatic heterocycles. The maximum Gasteiger partial charge on any atom is 0.416 e. The van der Waals surface area contributed by atoms with E-state index in [0.29, 0.717) is 17.9 Å². The summed E-state index contributed by atoms with van der Waals surface area (Å²) in [6.07, 6.45) is -4.42. The lowest BCUT2D eigenvalue weighted by atomic mass is 10.2. The molecular formula is C13H14F3N3O2. The minimum absolute atomic E-state index is 0.0256. The monoisotopic (exact) mass is 301 g/mol. The van der Waals surface area contributed by atoms with Crippen molar-refractivity contribution in [3.8, 4) is 0 Å². The number of aromatic nitrogens is 2. The third-order valence-corrected chi connectivity index (χ3v) is 3.10. The van der Waals surface area contributed by atoms with E-state index in [9.17, 15) is 18.0 Å². The molecule has 2 rings (SSSR count). The van der Waals surface area contributed by atoms with Crippen LogP contribution in [-0.2, 0) is 24.6 Å². The molecular weight excluding hydrogens is 287 g/mol. The lowest BCUT2D eigenvalue weighted by molar-refractivity contribution is -0.138. The number of carbonyl (C=O) groups is 1. The van der Waals surface area contributed by atoms with Crippen LogP contribution in [0.15, 0.2) is 18.2 Å². The lowest BCUT2D eigenvalue weighted by Crippen LogP contribution is -2.19. The molecule has 21 heavy (non-hydrogen) atoms. The second kappa shape index (κ2) is 5.72. The Morgan fingerprint density at radius 3 is 2.76 bits per heavy atom. The molecule has 1 aromatic carbocycles. The predicted molar refractivity (Wildman–Crippen MR) is 69.7 cm³/mol. The molecule has 2 aromatic rings. The molecule has 0 atom stereocenters. The first-order valence-electron chi connectivity index (χ1n) is 6.24. The van der Waals surface area contributed by atoms with Crippen LogP contribution in [0.4, 0.5) is 13.2 Å². The summed E-state index contributed by atoms with van der Waals surface area (Å²) in [6.45, 7) is 0.562. The van der Waals surface area contributed by atoms with Crippen LogP contribution in [0.1, 0.15) is 17.8 Å². The highest BCUT2D eigenvalue weighted by atomic mass is 19.4. The molecule has 0 saturated heterocycles. The van der Waals surface area contributed by atoms with Crippen molar-refractivity contribution in [2.45, 2.75) is 19.1 Å². The minimum Gasteiger partial charge on any atom is -0.481 e. The first kappa shape index (κ1) is 15.3. The van der Waals surface area contributed by atoms with Crippen molar-refractivity contribution in [2.75, 3.05) is 6.54 Å². The van der Waals surface area contributed by atoms with Crippen LogP contribution in [0.2, 0.25) is 0 Å². The molecule has 0 amide bonds. The Hall–Kier alpha value is -2.09. The number of alkyl halides is 3. The molecule has 0 radical (unpaired) electrons. The Morgan fingerprint density at radius 2 is 2.14 bits per heavy atom. The van der Waals surface area contributed by atoms with Gasteiger partial charge in [0.25, 0.3) is 0 Å². The van der Waals surface area contributed by atoms with Gasteiger partial charge in [0.15, 0.2) is 0 Å². The number of aryl methyl sites for hydroxylation is 1. The predicted octanol–water partition coefficient (Wildman–Crippen LogP) is 2.16. The lowest BCUT2D eigenvalue weighted by Gasteiger charge is -2.06. The fourth-order valence-electron chi connectivity index (χ4n) is 1.98. The van der Waals surface area contributed by atoms with Gasteiger partial charge in [-0.05, 0) is 18.2 Å². The van der Waals surface area contributed by atoms with Crippen LogP contribution >= 0.6 is 0 Å². The standard InChI is InChI=1S/C13H14F3N3O2/c1-19-10-3-2-8(13(14,15)16)6-9(10)18-11(19)7-17-5-4-12(20)21/h2-3,6,17H,4-5,7H2,1H3,(H,20,21). The van der Waals surface area contributed by atoms with Gasteiger partial charge < -0.3 is 15.0 Å². The van der Waals surface area contributed by atoms with E-state index in [-0.39, 0.29) is 18.5 Å². The zero-order valence-electron chi connectivity index (χ0n) is 11.2. The third-order valence-electron chi connectivity index (χ3n) is 3.10. The van der Waals surface area contributed by atoms with Gasteiger partial charge in [0, 0.05) is 13.6 Å². The number of hydrogen-bond acceptors (Lipinski definition) is 3. The van der Waals surface area contributed by atoms with Gasteiger partial charge >= 0.3 is 12.1 Å². The van der Waals surface area contributed by atoms with Crippen molar-refractivity contribution < 1.29 is 23.1 Å². The second-order valence-corrected chi connectivity index (χ2v) is 4.61. The van der Waals surface area contributed by atoms with Crippen molar-refractivity contribution >= 4 is 17.0 Å². The number of rotatable bonds is 5. The van der Waals surface area contributed by atoms with Crippen LogP contribution < -0.4 is 5.32 Å². The first-order chi connectivity index (χ1) is 9.79. The van der Waals surface area contributed by atoms with Crippen LogP contribution in [0.5, 0.6) is 0 Å². The summed E-state index contributed by atoms with van der Waals surface area (Å²) >= 11 is 0. The van der Waals surface area contributed by atoms with E-state index >= 15 is 0 Å². The van der Waals surface area contributed by atoms with E-state index in [1.807, 2.05) is 0 Å². The van der Waals surface area contributed by atoms with Gasteiger partial charge in [-0.15, -0.1) is 0 Å². The number of halogens is 3. The van der Waals surface area contributed by atoms with Crippen molar-refractivity contribution in [1.82, 2.24) is 14.9 Å². The van der Waals surface area contributed by atoms with Gasteiger partial charge in [-0.1, -0.05) is 0 Å². The molecule has 2 N–H and O–H groups in total. The van der Waals surface area contributed by atoms with Gasteiger partial charge in [0.1, 0.15) is 5.82 Å². The summed E-state index contributed by atoms with van der Waals surface area (Å²) in [5.74, 6) is -0.364. The SMILES string of the molecule is Cn1c(CNCCC(=O)O)nc2cc(C(F)(F)F)ccc21. The first-order valence-corrected chi connectivity index (χ1v) is 6.24. The van der Waals surface area contributed by atoms with Crippen LogP contribution in [0, 0.1) is 0 Å². The number of nitrogens with one attached hydrogen (secondary N) is 1. The number of fused-ring (bicyclic) bond motifs is 1. The number of nitrogens with zero attached hydrogens (tertiary/aromatic N) is 2. The quantitative estimate of drug-likeness (QED) is 0.831. The molecule has 8 heteroatoms. The molecule has 114 valence electrons. The number of imidazole rings is 1. The summed E-state index contributed by atoms with van der Waals surface area (Å²) in [4.78, 5) is 14.5. The van der Waals surface area contributed by atoms with E-state index < -0.39 is 17.7 Å². The molecule has 0 aliphatic carbocycles. The molecule has 1 aromatic heterocycles. The number of benzene rings is 1. The van der Waals surface area contributed by atoms with E-state index in [1.54, 1.807) is 11.6 Å². The molecule has 0 spiro atoms. The maximum absolute atomic E-state index is 12.6. The van der Waals surface area contributed by atoms with E-state index in [4.69, 9.17) is 5.11 Å². The highest BCUT2D eigenvalue weighted by molar-refractivity contribution is 5.77. The molecule has 1 heterocycles. The maximum atomic E-state index is 12.6. The van der Waals surface area contributed by atoms with Gasteiger partial charge in [-0.25, -0.2) is 4.98 Å². The summed E-state index contributed by atoms with van der Waals surface area (Å²) < 4.78 is 39.6. The topological polar surface area (TPSA) is 67.2 Å². The Bertz CT molecular complexity index is 664. The summed E-state index contributed by atoms with van der Waals surface area (Å²) in [5, 5.41) is 11.4. The Kier molecular flexibility index (Phi) is 4.17. The summed E-state index contributed by atoms with van der Waals surface area (Å²) in [7, 11) is 1.71. The molecule has 0 saturated carbocycles. The highest BCUT2D eigenvalue weighted by Crippen LogP contribution is 2.31. The molecule has 0 bridgehead atoms. The Labute approximate surface area is 118 Å².